The summed E-state index contributed by atoms with van der Waals surface area (Å²) in [6.45, 7) is 2.88. The summed E-state index contributed by atoms with van der Waals surface area (Å²) in [6, 6.07) is 5.45. The van der Waals surface area contributed by atoms with Crippen LogP contribution in [-0.2, 0) is 16.0 Å². The van der Waals surface area contributed by atoms with Crippen LogP contribution in [0.2, 0.25) is 0 Å². The Labute approximate surface area is 126 Å². The third kappa shape index (κ3) is 4.37. The van der Waals surface area contributed by atoms with Crippen LogP contribution < -0.4 is 10.6 Å². The first-order valence-corrected chi connectivity index (χ1v) is 6.67. The molecule has 1 atom stereocenters. The zero-order chi connectivity index (χ0) is 16.1. The molecule has 0 bridgehead atoms. The number of aromatic amines is 1. The van der Waals surface area contributed by atoms with Crippen LogP contribution >= 0.6 is 0 Å². The monoisotopic (exact) mass is 305 g/mol. The van der Waals surface area contributed by atoms with Gasteiger partial charge in [-0.1, -0.05) is 12.1 Å². The van der Waals surface area contributed by atoms with Crippen molar-refractivity contribution < 1.29 is 14.0 Å². The molecule has 116 valence electrons. The van der Waals surface area contributed by atoms with E-state index in [2.05, 4.69) is 25.8 Å². The third-order valence-electron chi connectivity index (χ3n) is 2.84. The molecule has 0 aliphatic carbocycles. The molecule has 0 aliphatic heterocycles. The van der Waals surface area contributed by atoms with Gasteiger partial charge in [0.05, 0.1) is 0 Å². The third-order valence-corrected chi connectivity index (χ3v) is 2.84. The number of halogens is 1. The number of rotatable bonds is 5. The van der Waals surface area contributed by atoms with Crippen LogP contribution in [0.4, 0.5) is 10.3 Å². The van der Waals surface area contributed by atoms with E-state index in [1.165, 1.54) is 19.1 Å². The Hall–Kier alpha value is -2.77. The smallest absolute Gasteiger partial charge is 0.249 e. The quantitative estimate of drug-likeness (QED) is 0.767. The van der Waals surface area contributed by atoms with E-state index in [1.54, 1.807) is 19.1 Å². The van der Waals surface area contributed by atoms with Crippen molar-refractivity contribution in [2.24, 2.45) is 0 Å². The number of nitrogens with zero attached hydrogens (tertiary/aromatic N) is 2. The van der Waals surface area contributed by atoms with Gasteiger partial charge in [-0.3, -0.25) is 20.0 Å². The highest BCUT2D eigenvalue weighted by Crippen LogP contribution is 2.09. The van der Waals surface area contributed by atoms with Gasteiger partial charge >= 0.3 is 0 Å². The highest BCUT2D eigenvalue weighted by molar-refractivity contribution is 5.95. The SMILES string of the molecule is CC(=O)N[C@H](C)C(=O)Nc1n[nH]c(Cc2cccc(F)c2)n1. The summed E-state index contributed by atoms with van der Waals surface area (Å²) in [4.78, 5) is 26.8. The van der Waals surface area contributed by atoms with Gasteiger partial charge in [-0.15, -0.1) is 5.10 Å². The maximum Gasteiger partial charge on any atom is 0.249 e. The van der Waals surface area contributed by atoms with Crippen molar-refractivity contribution in [1.29, 1.82) is 0 Å². The molecule has 0 aliphatic rings. The molecule has 1 aromatic carbocycles. The molecule has 0 fully saturated rings. The highest BCUT2D eigenvalue weighted by Gasteiger charge is 2.15. The fraction of sp³-hybridized carbons (Fsp3) is 0.286. The number of carbonyl (C=O) groups is 2. The molecule has 0 saturated carbocycles. The van der Waals surface area contributed by atoms with Gasteiger partial charge in [0.25, 0.3) is 0 Å². The van der Waals surface area contributed by atoms with Gasteiger partial charge < -0.3 is 5.32 Å². The number of carbonyl (C=O) groups excluding carboxylic acids is 2. The van der Waals surface area contributed by atoms with Crippen molar-refractivity contribution in [2.75, 3.05) is 5.32 Å². The zero-order valence-electron chi connectivity index (χ0n) is 12.2. The zero-order valence-corrected chi connectivity index (χ0v) is 12.2. The Morgan fingerprint density at radius 1 is 1.41 bits per heavy atom. The maximum atomic E-state index is 13.1. The minimum absolute atomic E-state index is 0.105. The predicted molar refractivity (Wildman–Crippen MR) is 77.5 cm³/mol. The molecule has 0 saturated heterocycles. The lowest BCUT2D eigenvalue weighted by atomic mass is 10.1. The molecule has 8 heteroatoms. The van der Waals surface area contributed by atoms with Crippen molar-refractivity contribution in [3.63, 3.8) is 0 Å². The normalized spacial score (nSPS) is 11.8. The number of benzene rings is 1. The van der Waals surface area contributed by atoms with E-state index >= 15 is 0 Å². The molecule has 2 aromatic rings. The molecule has 1 aromatic heterocycles. The number of anilines is 1. The first kappa shape index (κ1) is 15.6. The van der Waals surface area contributed by atoms with E-state index in [0.29, 0.717) is 12.2 Å². The Morgan fingerprint density at radius 2 is 2.18 bits per heavy atom. The Bertz CT molecular complexity index is 685. The molecule has 3 N–H and O–H groups in total. The lowest BCUT2D eigenvalue weighted by Crippen LogP contribution is -2.40. The lowest BCUT2D eigenvalue weighted by Gasteiger charge is -2.10. The Kier molecular flexibility index (Phi) is 4.82. The van der Waals surface area contributed by atoms with Gasteiger partial charge in [0, 0.05) is 13.3 Å². The second-order valence-corrected chi connectivity index (χ2v) is 4.82. The van der Waals surface area contributed by atoms with Gasteiger partial charge in [-0.05, 0) is 24.6 Å². The molecule has 0 unspecified atom stereocenters. The van der Waals surface area contributed by atoms with E-state index in [-0.39, 0.29) is 17.7 Å². The predicted octanol–water partition coefficient (Wildman–Crippen LogP) is 0.998. The standard InChI is InChI=1S/C14H16FN5O2/c1-8(16-9(2)21)13(22)18-14-17-12(19-20-14)7-10-4-3-5-11(15)6-10/h3-6,8H,7H2,1-2H3,(H,16,21)(H2,17,18,19,20,22)/t8-/m1/s1. The number of hydrogen-bond donors (Lipinski definition) is 3. The van der Waals surface area contributed by atoms with Crippen molar-refractivity contribution >= 4 is 17.8 Å². The number of nitrogens with one attached hydrogen (secondary N) is 3. The van der Waals surface area contributed by atoms with Crippen molar-refractivity contribution in [1.82, 2.24) is 20.5 Å². The first-order valence-electron chi connectivity index (χ1n) is 6.67. The van der Waals surface area contributed by atoms with Crippen LogP contribution in [0.25, 0.3) is 0 Å². The minimum Gasteiger partial charge on any atom is -0.345 e. The molecular formula is C14H16FN5O2. The van der Waals surface area contributed by atoms with E-state index in [1.807, 2.05) is 0 Å². The van der Waals surface area contributed by atoms with E-state index in [4.69, 9.17) is 0 Å². The van der Waals surface area contributed by atoms with E-state index in [9.17, 15) is 14.0 Å². The average molecular weight is 305 g/mol. The summed E-state index contributed by atoms with van der Waals surface area (Å²) in [7, 11) is 0. The molecule has 0 spiro atoms. The summed E-state index contributed by atoms with van der Waals surface area (Å²) >= 11 is 0. The van der Waals surface area contributed by atoms with Crippen molar-refractivity contribution in [3.05, 3.63) is 41.5 Å². The van der Waals surface area contributed by atoms with Crippen LogP contribution in [0.1, 0.15) is 25.2 Å². The number of aromatic nitrogens is 3. The first-order chi connectivity index (χ1) is 10.4. The van der Waals surface area contributed by atoms with Crippen molar-refractivity contribution in [2.45, 2.75) is 26.3 Å². The second-order valence-electron chi connectivity index (χ2n) is 4.82. The van der Waals surface area contributed by atoms with Crippen LogP contribution in [-0.4, -0.2) is 33.0 Å². The largest absolute Gasteiger partial charge is 0.345 e. The molecule has 0 radical (unpaired) electrons. The summed E-state index contributed by atoms with van der Waals surface area (Å²) < 4.78 is 13.1. The summed E-state index contributed by atoms with van der Waals surface area (Å²) in [5.74, 6) is -0.452. The van der Waals surface area contributed by atoms with Gasteiger partial charge in [-0.2, -0.15) is 4.98 Å². The molecule has 2 rings (SSSR count). The van der Waals surface area contributed by atoms with Crippen LogP contribution in [0.15, 0.2) is 24.3 Å². The second kappa shape index (κ2) is 6.79. The van der Waals surface area contributed by atoms with Gasteiger partial charge in [0.1, 0.15) is 17.7 Å². The number of amides is 2. The van der Waals surface area contributed by atoms with Crippen LogP contribution in [0.3, 0.4) is 0 Å². The van der Waals surface area contributed by atoms with Gasteiger partial charge in [0.2, 0.25) is 17.8 Å². The molecular weight excluding hydrogens is 289 g/mol. The topological polar surface area (TPSA) is 99.8 Å². The van der Waals surface area contributed by atoms with Gasteiger partial charge in [0.15, 0.2) is 0 Å². The molecule has 1 heterocycles. The van der Waals surface area contributed by atoms with Crippen molar-refractivity contribution in [3.8, 4) is 0 Å². The van der Waals surface area contributed by atoms with E-state index in [0.717, 1.165) is 5.56 Å². The number of H-pyrrole nitrogens is 1. The maximum absolute atomic E-state index is 13.1. The number of hydrogen-bond acceptors (Lipinski definition) is 4. The lowest BCUT2D eigenvalue weighted by molar-refractivity contribution is -0.124. The Morgan fingerprint density at radius 3 is 2.86 bits per heavy atom. The summed E-state index contributed by atoms with van der Waals surface area (Å²) in [6.07, 6.45) is 0.363. The molecule has 22 heavy (non-hydrogen) atoms. The average Bonchev–Trinajstić information content (AvgIpc) is 2.85. The summed E-state index contributed by atoms with van der Waals surface area (Å²) in [5, 5.41) is 11.5. The Balaban J connectivity index is 1.96. The summed E-state index contributed by atoms with van der Waals surface area (Å²) in [5.41, 5.74) is 0.737. The van der Waals surface area contributed by atoms with Gasteiger partial charge in [-0.25, -0.2) is 4.39 Å². The fourth-order valence-corrected chi connectivity index (χ4v) is 1.86. The highest BCUT2D eigenvalue weighted by atomic mass is 19.1. The fourth-order valence-electron chi connectivity index (χ4n) is 1.86. The van der Waals surface area contributed by atoms with Crippen LogP contribution in [0.5, 0.6) is 0 Å². The van der Waals surface area contributed by atoms with E-state index < -0.39 is 11.9 Å². The molecule has 2 amide bonds. The minimum atomic E-state index is -0.692. The van der Waals surface area contributed by atoms with Crippen LogP contribution in [0, 0.1) is 5.82 Å². The molecule has 7 nitrogen and oxygen atoms in total.